The molecule has 0 saturated heterocycles. The molecule has 0 radical (unpaired) electrons. The molecule has 1 aromatic carbocycles. The summed E-state index contributed by atoms with van der Waals surface area (Å²) in [6.07, 6.45) is 1.76. The first-order valence-electron chi connectivity index (χ1n) is 8.35. The Morgan fingerprint density at radius 2 is 2.00 bits per heavy atom. The lowest BCUT2D eigenvalue weighted by atomic mass is 10.2. The number of carboxylic acid groups (broad SMARTS) is 1. The standard InChI is InChI=1S/C19H14BrN3O5S/c1-28-12-4-2-11(3-5-12)23-9-10(17(20)21-23)8-22-13-6-7-29-16(13)14(19(26)27)15(24)18(22)25/h2-7,9,24H,8H2,1H3,(H,26,27). The van der Waals surface area contributed by atoms with Crippen molar-refractivity contribution in [2.24, 2.45) is 0 Å². The van der Waals surface area contributed by atoms with Crippen LogP contribution in [0.4, 0.5) is 0 Å². The minimum Gasteiger partial charge on any atom is -0.502 e. The van der Waals surface area contributed by atoms with Gasteiger partial charge in [-0.25, -0.2) is 9.48 Å². The number of aromatic hydroxyl groups is 1. The molecule has 0 aliphatic carbocycles. The Kier molecular flexibility index (Phi) is 4.89. The van der Waals surface area contributed by atoms with Gasteiger partial charge in [0, 0.05) is 11.8 Å². The van der Waals surface area contributed by atoms with Crippen molar-refractivity contribution >= 4 is 43.5 Å². The van der Waals surface area contributed by atoms with Gasteiger partial charge in [-0.3, -0.25) is 9.36 Å². The maximum Gasteiger partial charge on any atom is 0.341 e. The van der Waals surface area contributed by atoms with Crippen LogP contribution in [0.1, 0.15) is 15.9 Å². The van der Waals surface area contributed by atoms with Crippen LogP contribution in [0.3, 0.4) is 0 Å². The predicted molar refractivity (Wildman–Crippen MR) is 112 cm³/mol. The maximum atomic E-state index is 12.7. The van der Waals surface area contributed by atoms with E-state index in [9.17, 15) is 19.8 Å². The fraction of sp³-hybridized carbons (Fsp3) is 0.105. The quantitative estimate of drug-likeness (QED) is 0.457. The van der Waals surface area contributed by atoms with Crippen LogP contribution in [0.5, 0.6) is 11.5 Å². The zero-order chi connectivity index (χ0) is 20.7. The highest BCUT2D eigenvalue weighted by atomic mass is 79.9. The lowest BCUT2D eigenvalue weighted by Gasteiger charge is -2.10. The summed E-state index contributed by atoms with van der Waals surface area (Å²) in [5, 5.41) is 25.7. The second-order valence-electron chi connectivity index (χ2n) is 6.14. The minimum atomic E-state index is -1.34. The van der Waals surface area contributed by atoms with Gasteiger partial charge in [0.05, 0.1) is 29.6 Å². The molecule has 0 spiro atoms. The molecule has 4 aromatic rings. The van der Waals surface area contributed by atoms with Crippen molar-refractivity contribution in [3.8, 4) is 17.2 Å². The molecule has 148 valence electrons. The summed E-state index contributed by atoms with van der Waals surface area (Å²) in [5.74, 6) is -1.39. The fourth-order valence-corrected chi connectivity index (χ4v) is 4.37. The van der Waals surface area contributed by atoms with Crippen molar-refractivity contribution in [3.05, 3.63) is 68.0 Å². The lowest BCUT2D eigenvalue weighted by Crippen LogP contribution is -2.22. The summed E-state index contributed by atoms with van der Waals surface area (Å²) < 4.78 is 9.02. The molecule has 3 aromatic heterocycles. The molecule has 0 unspecified atom stereocenters. The van der Waals surface area contributed by atoms with Gasteiger partial charge in [-0.05, 0) is 51.6 Å². The molecule has 3 heterocycles. The van der Waals surface area contributed by atoms with Crippen molar-refractivity contribution in [1.82, 2.24) is 14.3 Å². The van der Waals surface area contributed by atoms with Gasteiger partial charge in [0.25, 0.3) is 5.56 Å². The number of nitrogens with zero attached hydrogens (tertiary/aromatic N) is 3. The Hall–Kier alpha value is -3.11. The van der Waals surface area contributed by atoms with E-state index in [0.29, 0.717) is 20.4 Å². The molecule has 0 saturated carbocycles. The normalized spacial score (nSPS) is 11.1. The fourth-order valence-electron chi connectivity index (χ4n) is 3.04. The van der Waals surface area contributed by atoms with E-state index in [2.05, 4.69) is 21.0 Å². The second-order valence-corrected chi connectivity index (χ2v) is 7.81. The number of thiophene rings is 1. The molecular formula is C19H14BrN3O5S. The SMILES string of the molecule is COc1ccc(-n2cc(Cn3c(=O)c(O)c(C(=O)O)c4sccc43)c(Br)n2)cc1. The van der Waals surface area contributed by atoms with Crippen LogP contribution >= 0.6 is 27.3 Å². The number of carbonyl (C=O) groups is 1. The van der Waals surface area contributed by atoms with E-state index < -0.39 is 17.3 Å². The van der Waals surface area contributed by atoms with Crippen molar-refractivity contribution in [2.75, 3.05) is 7.11 Å². The Balaban J connectivity index is 1.78. The Morgan fingerprint density at radius 1 is 1.28 bits per heavy atom. The number of carboxylic acids is 1. The largest absolute Gasteiger partial charge is 0.502 e. The topological polar surface area (TPSA) is 107 Å². The van der Waals surface area contributed by atoms with Crippen molar-refractivity contribution in [1.29, 1.82) is 0 Å². The molecule has 0 aliphatic heterocycles. The molecular weight excluding hydrogens is 462 g/mol. The van der Waals surface area contributed by atoms with E-state index in [4.69, 9.17) is 4.74 Å². The highest BCUT2D eigenvalue weighted by Gasteiger charge is 2.23. The third kappa shape index (κ3) is 3.30. The number of methoxy groups -OCH3 is 1. The third-order valence-electron chi connectivity index (χ3n) is 4.46. The number of pyridine rings is 1. The van der Waals surface area contributed by atoms with Crippen LogP contribution in [0, 0.1) is 0 Å². The Morgan fingerprint density at radius 3 is 2.66 bits per heavy atom. The molecule has 0 aliphatic rings. The van der Waals surface area contributed by atoms with Gasteiger partial charge in [-0.2, -0.15) is 5.10 Å². The van der Waals surface area contributed by atoms with Crippen LogP contribution in [0.25, 0.3) is 15.9 Å². The van der Waals surface area contributed by atoms with Gasteiger partial charge in [-0.1, -0.05) is 0 Å². The van der Waals surface area contributed by atoms with Crippen LogP contribution in [0.15, 0.2) is 51.3 Å². The second kappa shape index (κ2) is 7.37. The van der Waals surface area contributed by atoms with Gasteiger partial charge in [0.15, 0.2) is 5.75 Å². The highest BCUT2D eigenvalue weighted by Crippen LogP contribution is 2.30. The van der Waals surface area contributed by atoms with Crippen molar-refractivity contribution in [2.45, 2.75) is 6.54 Å². The van der Waals surface area contributed by atoms with Crippen molar-refractivity contribution in [3.63, 3.8) is 0 Å². The molecule has 0 fully saturated rings. The molecule has 0 bridgehead atoms. The van der Waals surface area contributed by atoms with E-state index in [-0.39, 0.29) is 12.1 Å². The average molecular weight is 476 g/mol. The first-order chi connectivity index (χ1) is 13.9. The average Bonchev–Trinajstić information content (AvgIpc) is 3.32. The summed E-state index contributed by atoms with van der Waals surface area (Å²) in [6.45, 7) is 0.107. The number of hydrogen-bond acceptors (Lipinski definition) is 6. The summed E-state index contributed by atoms with van der Waals surface area (Å²) in [5.41, 5.74) is 0.800. The Labute approximate surface area is 176 Å². The van der Waals surface area contributed by atoms with Crippen LogP contribution in [-0.2, 0) is 6.54 Å². The number of aromatic carboxylic acids is 1. The predicted octanol–water partition coefficient (Wildman–Crippen LogP) is 3.47. The minimum absolute atomic E-state index is 0.107. The Bertz CT molecular complexity index is 1290. The highest BCUT2D eigenvalue weighted by molar-refractivity contribution is 9.10. The van der Waals surface area contributed by atoms with E-state index in [1.807, 2.05) is 24.3 Å². The first-order valence-corrected chi connectivity index (χ1v) is 10.0. The van der Waals surface area contributed by atoms with Gasteiger partial charge >= 0.3 is 5.97 Å². The van der Waals surface area contributed by atoms with E-state index in [1.165, 1.54) is 4.57 Å². The third-order valence-corrected chi connectivity index (χ3v) is 6.05. The number of aromatic nitrogens is 3. The van der Waals surface area contributed by atoms with Gasteiger partial charge in [0.2, 0.25) is 0 Å². The molecule has 29 heavy (non-hydrogen) atoms. The number of fused-ring (bicyclic) bond motifs is 1. The van der Waals surface area contributed by atoms with Crippen molar-refractivity contribution < 1.29 is 19.7 Å². The molecule has 0 atom stereocenters. The zero-order valence-electron chi connectivity index (χ0n) is 15.0. The summed E-state index contributed by atoms with van der Waals surface area (Å²) in [7, 11) is 1.59. The number of rotatable bonds is 5. The monoisotopic (exact) mass is 475 g/mol. The zero-order valence-corrected chi connectivity index (χ0v) is 17.4. The van der Waals surface area contributed by atoms with E-state index >= 15 is 0 Å². The summed E-state index contributed by atoms with van der Waals surface area (Å²) >= 11 is 4.56. The number of halogens is 1. The van der Waals surface area contributed by atoms with Crippen LogP contribution in [-0.4, -0.2) is 37.6 Å². The molecule has 8 nitrogen and oxygen atoms in total. The van der Waals surface area contributed by atoms with Gasteiger partial charge in [-0.15, -0.1) is 11.3 Å². The maximum absolute atomic E-state index is 12.7. The first kappa shape index (κ1) is 19.2. The van der Waals surface area contributed by atoms with E-state index in [0.717, 1.165) is 22.8 Å². The van der Waals surface area contributed by atoms with Gasteiger partial charge < -0.3 is 14.9 Å². The summed E-state index contributed by atoms with van der Waals surface area (Å²) in [6, 6.07) is 8.98. The molecule has 2 N–H and O–H groups in total. The van der Waals surface area contributed by atoms with Gasteiger partial charge in [0.1, 0.15) is 15.9 Å². The number of ether oxygens (including phenoxy) is 1. The van der Waals surface area contributed by atoms with Crippen LogP contribution in [0.2, 0.25) is 0 Å². The lowest BCUT2D eigenvalue weighted by molar-refractivity contribution is 0.0695. The smallest absolute Gasteiger partial charge is 0.341 e. The number of hydrogen-bond donors (Lipinski definition) is 2. The number of benzene rings is 1. The molecule has 0 amide bonds. The van der Waals surface area contributed by atoms with E-state index in [1.54, 1.807) is 29.4 Å². The molecule has 4 rings (SSSR count). The summed E-state index contributed by atoms with van der Waals surface area (Å²) in [4.78, 5) is 24.2. The van der Waals surface area contributed by atoms with Crippen LogP contribution < -0.4 is 10.3 Å². The molecule has 10 heteroatoms.